The zero-order chi connectivity index (χ0) is 16.1. The molecule has 4 rings (SSSR count). The molecule has 0 saturated heterocycles. The maximum absolute atomic E-state index is 6.43. The molecule has 0 amide bonds. The van der Waals surface area contributed by atoms with Crippen LogP contribution in [0.4, 0.5) is 0 Å². The molecule has 0 atom stereocenters. The minimum Gasteiger partial charge on any atom is -0.255 e. The monoisotopic (exact) mass is 323 g/mol. The number of benzene rings is 1. The van der Waals surface area contributed by atoms with Crippen LogP contribution >= 0.6 is 11.6 Å². The second-order valence-electron chi connectivity index (χ2n) is 5.61. The van der Waals surface area contributed by atoms with Gasteiger partial charge in [-0.1, -0.05) is 23.7 Å². The average Bonchev–Trinajstić information content (AvgIpc) is 2.94. The van der Waals surface area contributed by atoms with Gasteiger partial charge in [0.1, 0.15) is 5.52 Å². The number of aryl methyl sites for hydroxylation is 3. The van der Waals surface area contributed by atoms with E-state index in [4.69, 9.17) is 11.6 Å². The number of fused-ring (bicyclic) bond motifs is 3. The lowest BCUT2D eigenvalue weighted by Gasteiger charge is -2.09. The molecule has 0 saturated carbocycles. The molecule has 6 heteroatoms. The molecule has 0 aliphatic carbocycles. The molecule has 0 unspecified atom stereocenters. The van der Waals surface area contributed by atoms with Gasteiger partial charge in [0.05, 0.1) is 10.7 Å². The third-order valence-corrected chi connectivity index (χ3v) is 4.35. The molecule has 0 aliphatic rings. The molecule has 5 nitrogen and oxygen atoms in total. The first-order valence-electron chi connectivity index (χ1n) is 7.30. The summed E-state index contributed by atoms with van der Waals surface area (Å²) >= 11 is 6.43. The fourth-order valence-electron chi connectivity index (χ4n) is 2.85. The van der Waals surface area contributed by atoms with Gasteiger partial charge in [0.15, 0.2) is 17.1 Å². The molecule has 0 fully saturated rings. The van der Waals surface area contributed by atoms with E-state index >= 15 is 0 Å². The predicted octanol–water partition coefficient (Wildman–Crippen LogP) is 3.92. The minimum absolute atomic E-state index is 0.648. The summed E-state index contributed by atoms with van der Waals surface area (Å²) in [6.45, 7) is 5.96. The van der Waals surface area contributed by atoms with Gasteiger partial charge in [-0.25, -0.2) is 9.97 Å². The number of nitrogens with zero attached hydrogens (tertiary/aromatic N) is 5. The van der Waals surface area contributed by atoms with Crippen molar-refractivity contribution in [1.82, 2.24) is 24.6 Å². The number of rotatable bonds is 1. The number of hydrogen-bond donors (Lipinski definition) is 0. The Morgan fingerprint density at radius 3 is 2.57 bits per heavy atom. The molecule has 0 N–H and O–H groups in total. The largest absolute Gasteiger partial charge is 0.255 e. The molecule has 4 aromatic rings. The average molecular weight is 324 g/mol. The zero-order valence-electron chi connectivity index (χ0n) is 13.0. The van der Waals surface area contributed by atoms with Crippen LogP contribution in [0.5, 0.6) is 0 Å². The zero-order valence-corrected chi connectivity index (χ0v) is 13.8. The van der Waals surface area contributed by atoms with Gasteiger partial charge < -0.3 is 0 Å². The van der Waals surface area contributed by atoms with Crippen LogP contribution in [0.2, 0.25) is 5.02 Å². The van der Waals surface area contributed by atoms with Gasteiger partial charge in [0.25, 0.3) is 0 Å². The van der Waals surface area contributed by atoms with Gasteiger partial charge in [0.2, 0.25) is 0 Å². The molecule has 114 valence electrons. The van der Waals surface area contributed by atoms with Crippen molar-refractivity contribution in [1.29, 1.82) is 0 Å². The summed E-state index contributed by atoms with van der Waals surface area (Å²) in [6, 6.07) is 7.75. The molecule has 23 heavy (non-hydrogen) atoms. The lowest BCUT2D eigenvalue weighted by molar-refractivity contribution is 1.10. The number of aromatic nitrogens is 5. The fourth-order valence-corrected chi connectivity index (χ4v) is 3.16. The van der Waals surface area contributed by atoms with Crippen LogP contribution < -0.4 is 0 Å². The first-order valence-corrected chi connectivity index (χ1v) is 7.68. The highest BCUT2D eigenvalue weighted by Crippen LogP contribution is 2.31. The Balaban J connectivity index is 2.22. The number of halogens is 1. The van der Waals surface area contributed by atoms with Gasteiger partial charge in [-0.3, -0.25) is 4.40 Å². The second kappa shape index (κ2) is 4.99. The van der Waals surface area contributed by atoms with E-state index in [9.17, 15) is 0 Å². The molecule has 0 radical (unpaired) electrons. The molecule has 0 spiro atoms. The second-order valence-corrected chi connectivity index (χ2v) is 6.02. The first kappa shape index (κ1) is 14.1. The maximum atomic E-state index is 6.43. The van der Waals surface area contributed by atoms with E-state index in [-0.39, 0.29) is 0 Å². The Bertz CT molecular complexity index is 1050. The summed E-state index contributed by atoms with van der Waals surface area (Å²) in [5.74, 6) is 0.691. The van der Waals surface area contributed by atoms with E-state index in [0.29, 0.717) is 16.5 Å². The highest BCUT2D eigenvalue weighted by atomic mass is 35.5. The SMILES string of the molecule is Cc1cccc(Cl)c1-c1nnc2c(C)nc3c(C)ccnc3n12. The quantitative estimate of drug-likeness (QED) is 0.533. The lowest BCUT2D eigenvalue weighted by Crippen LogP contribution is -2.01. The fraction of sp³-hybridized carbons (Fsp3) is 0.176. The first-order chi connectivity index (χ1) is 11.1. The third-order valence-electron chi connectivity index (χ3n) is 4.03. The number of pyridine rings is 1. The summed E-state index contributed by atoms with van der Waals surface area (Å²) in [6.07, 6.45) is 1.78. The summed E-state index contributed by atoms with van der Waals surface area (Å²) < 4.78 is 1.94. The Kier molecular flexibility index (Phi) is 3.06. The Hall–Kier alpha value is -2.53. The normalized spacial score (nSPS) is 11.5. The summed E-state index contributed by atoms with van der Waals surface area (Å²) in [7, 11) is 0. The van der Waals surface area contributed by atoms with Crippen LogP contribution in [-0.4, -0.2) is 24.6 Å². The lowest BCUT2D eigenvalue weighted by atomic mass is 10.1. The molecule has 0 bridgehead atoms. The van der Waals surface area contributed by atoms with E-state index in [2.05, 4.69) is 20.2 Å². The topological polar surface area (TPSA) is 56.0 Å². The van der Waals surface area contributed by atoms with Crippen molar-refractivity contribution >= 4 is 28.4 Å². The summed E-state index contributed by atoms with van der Waals surface area (Å²) in [4.78, 5) is 9.14. The van der Waals surface area contributed by atoms with E-state index in [1.54, 1.807) is 6.20 Å². The van der Waals surface area contributed by atoms with E-state index in [1.807, 2.05) is 49.4 Å². The van der Waals surface area contributed by atoms with Crippen LogP contribution in [-0.2, 0) is 0 Å². The van der Waals surface area contributed by atoms with E-state index in [1.165, 1.54) is 0 Å². The van der Waals surface area contributed by atoms with E-state index < -0.39 is 0 Å². The van der Waals surface area contributed by atoms with Crippen LogP contribution in [0.1, 0.15) is 16.8 Å². The predicted molar refractivity (Wildman–Crippen MR) is 90.7 cm³/mol. The van der Waals surface area contributed by atoms with Gasteiger partial charge in [0, 0.05) is 11.8 Å². The van der Waals surface area contributed by atoms with Gasteiger partial charge in [-0.15, -0.1) is 10.2 Å². The van der Waals surface area contributed by atoms with Crippen LogP contribution in [0.25, 0.3) is 28.2 Å². The van der Waals surface area contributed by atoms with E-state index in [0.717, 1.165) is 33.5 Å². The highest BCUT2D eigenvalue weighted by molar-refractivity contribution is 6.33. The molecule has 3 heterocycles. The molecular weight excluding hydrogens is 310 g/mol. The Morgan fingerprint density at radius 2 is 1.78 bits per heavy atom. The number of hydrogen-bond acceptors (Lipinski definition) is 4. The molecular formula is C17H14ClN5. The maximum Gasteiger partial charge on any atom is 0.184 e. The summed E-state index contributed by atoms with van der Waals surface area (Å²) in [5.41, 5.74) is 6.09. The molecule has 0 aliphatic heterocycles. The Morgan fingerprint density at radius 1 is 0.957 bits per heavy atom. The van der Waals surface area contributed by atoms with Crippen molar-refractivity contribution in [3.8, 4) is 11.4 Å². The van der Waals surface area contributed by atoms with Crippen molar-refractivity contribution in [2.45, 2.75) is 20.8 Å². The molecule has 1 aromatic carbocycles. The Labute approximate surface area is 138 Å². The van der Waals surface area contributed by atoms with Crippen LogP contribution in [0, 0.1) is 20.8 Å². The smallest absolute Gasteiger partial charge is 0.184 e. The van der Waals surface area contributed by atoms with Crippen molar-refractivity contribution in [3.05, 3.63) is 52.3 Å². The van der Waals surface area contributed by atoms with Crippen molar-refractivity contribution in [2.24, 2.45) is 0 Å². The van der Waals surface area contributed by atoms with Gasteiger partial charge >= 0.3 is 0 Å². The molecule has 3 aromatic heterocycles. The van der Waals surface area contributed by atoms with Crippen LogP contribution in [0.15, 0.2) is 30.5 Å². The van der Waals surface area contributed by atoms with Crippen molar-refractivity contribution in [3.63, 3.8) is 0 Å². The summed E-state index contributed by atoms with van der Waals surface area (Å²) in [5, 5.41) is 9.33. The highest BCUT2D eigenvalue weighted by Gasteiger charge is 2.19. The van der Waals surface area contributed by atoms with Gasteiger partial charge in [-0.2, -0.15) is 0 Å². The van der Waals surface area contributed by atoms with Crippen molar-refractivity contribution < 1.29 is 0 Å². The van der Waals surface area contributed by atoms with Crippen molar-refractivity contribution in [2.75, 3.05) is 0 Å². The van der Waals surface area contributed by atoms with Crippen LogP contribution in [0.3, 0.4) is 0 Å². The minimum atomic E-state index is 0.648. The third kappa shape index (κ3) is 2.00. The standard InChI is InChI=1S/C17H14ClN5/c1-9-5-4-6-12(18)13(9)16-22-21-15-11(3)20-14-10(2)7-8-19-17(14)23(15)16/h4-8H,1-3H3. The van der Waals surface area contributed by atoms with Gasteiger partial charge in [-0.05, 0) is 44.0 Å².